The molecule has 0 saturated carbocycles. The molecule has 0 N–H and O–H groups in total. The van der Waals surface area contributed by atoms with Gasteiger partial charge in [0, 0.05) is 42.4 Å². The first kappa shape index (κ1) is 19.8. The molecule has 0 radical (unpaired) electrons. The van der Waals surface area contributed by atoms with Crippen LogP contribution in [0.25, 0.3) is 10.8 Å². The third-order valence-corrected chi connectivity index (χ3v) is 7.31. The van der Waals surface area contributed by atoms with Crippen molar-refractivity contribution in [1.29, 1.82) is 0 Å². The summed E-state index contributed by atoms with van der Waals surface area (Å²) in [6.45, 7) is 7.17. The molecule has 2 aromatic carbocycles. The number of hydrogen-bond acceptors (Lipinski definition) is 5. The van der Waals surface area contributed by atoms with Crippen LogP contribution in [0.2, 0.25) is 0 Å². The Morgan fingerprint density at radius 3 is 2.78 bits per heavy atom. The van der Waals surface area contributed by atoms with E-state index in [0.717, 1.165) is 66.2 Å². The molecule has 164 valence electrons. The Morgan fingerprint density at radius 2 is 1.91 bits per heavy atom. The molecular weight excluding hydrogens is 400 g/mol. The number of hydrogen-bond donors (Lipinski definition) is 0. The van der Waals surface area contributed by atoms with Crippen LogP contribution < -0.4 is 0 Å². The van der Waals surface area contributed by atoms with Crippen molar-refractivity contribution in [2.24, 2.45) is 5.92 Å². The number of ketones is 1. The summed E-state index contributed by atoms with van der Waals surface area (Å²) < 4.78 is 11.8. The summed E-state index contributed by atoms with van der Waals surface area (Å²) in [4.78, 5) is 18.9. The average molecular weight is 429 g/mol. The van der Waals surface area contributed by atoms with E-state index in [-0.39, 0.29) is 23.8 Å². The van der Waals surface area contributed by atoms with Crippen molar-refractivity contribution in [3.05, 3.63) is 83.3 Å². The summed E-state index contributed by atoms with van der Waals surface area (Å²) in [5.41, 5.74) is 2.79. The number of morpholine rings is 2. The van der Waals surface area contributed by atoms with E-state index in [4.69, 9.17) is 9.47 Å². The van der Waals surface area contributed by atoms with Gasteiger partial charge in [-0.3, -0.25) is 9.69 Å². The van der Waals surface area contributed by atoms with E-state index in [1.165, 1.54) is 0 Å². The number of benzene rings is 2. The third kappa shape index (κ3) is 3.11. The summed E-state index contributed by atoms with van der Waals surface area (Å²) in [6.07, 6.45) is 6.29. The predicted octanol–water partition coefficient (Wildman–Crippen LogP) is 3.78. The minimum atomic E-state index is 0.0222. The number of carbonyl (C=O) groups excluding carboxylic acids is 1. The van der Waals surface area contributed by atoms with Crippen LogP contribution in [0.15, 0.2) is 77.7 Å². The second-order valence-electron chi connectivity index (χ2n) is 9.06. The first-order valence-corrected chi connectivity index (χ1v) is 11.6. The summed E-state index contributed by atoms with van der Waals surface area (Å²) in [7, 11) is 0. The van der Waals surface area contributed by atoms with Crippen LogP contribution in [0, 0.1) is 5.92 Å². The fourth-order valence-electron chi connectivity index (χ4n) is 5.82. The molecule has 0 spiro atoms. The van der Waals surface area contributed by atoms with Gasteiger partial charge in [0.1, 0.15) is 12.4 Å². The van der Waals surface area contributed by atoms with Gasteiger partial charge < -0.3 is 14.4 Å². The van der Waals surface area contributed by atoms with Crippen molar-refractivity contribution in [1.82, 2.24) is 9.80 Å². The zero-order valence-electron chi connectivity index (χ0n) is 18.4. The number of ether oxygens (including phenoxy) is 2. The standard InChI is InChI=1S/C27H28N2O3/c1-18-25(27(30)22-9-4-7-19-6-2-3-8-21(19)22)23-10-5-11-24-26(23)29(18)20(17-32-24)16-28-12-14-31-15-13-28/h2-11,20,23,26H,12-17H2,1H3/t20-,23?,26?/m1/s1. The molecule has 0 bridgehead atoms. The van der Waals surface area contributed by atoms with Crippen LogP contribution in [0.4, 0.5) is 0 Å². The van der Waals surface area contributed by atoms with Gasteiger partial charge in [0.15, 0.2) is 5.78 Å². The normalized spacial score (nSPS) is 27.3. The number of rotatable bonds is 4. The molecule has 5 nitrogen and oxygen atoms in total. The molecule has 6 rings (SSSR count). The summed E-state index contributed by atoms with van der Waals surface area (Å²) in [5, 5.41) is 2.11. The zero-order chi connectivity index (χ0) is 21.7. The summed E-state index contributed by atoms with van der Waals surface area (Å²) in [5.74, 6) is 1.14. The first-order valence-electron chi connectivity index (χ1n) is 11.6. The Labute approximate surface area is 188 Å². The topological polar surface area (TPSA) is 42.0 Å². The largest absolute Gasteiger partial charge is 0.494 e. The molecule has 3 atom stereocenters. The smallest absolute Gasteiger partial charge is 0.192 e. The molecular formula is C27H28N2O3. The highest BCUT2D eigenvalue weighted by atomic mass is 16.5. The Bertz CT molecular complexity index is 1150. The van der Waals surface area contributed by atoms with E-state index >= 15 is 0 Å². The van der Waals surface area contributed by atoms with E-state index in [1.54, 1.807) is 0 Å². The highest BCUT2D eigenvalue weighted by molar-refractivity contribution is 6.17. The fourth-order valence-corrected chi connectivity index (χ4v) is 5.82. The molecule has 2 saturated heterocycles. The lowest BCUT2D eigenvalue weighted by Crippen LogP contribution is -2.55. The molecule has 0 aromatic heterocycles. The molecule has 2 aromatic rings. The fraction of sp³-hybridized carbons (Fsp3) is 0.370. The van der Waals surface area contributed by atoms with E-state index in [0.29, 0.717) is 6.61 Å². The molecule has 2 fully saturated rings. The van der Waals surface area contributed by atoms with Gasteiger partial charge in [-0.2, -0.15) is 0 Å². The highest BCUT2D eigenvalue weighted by Crippen LogP contribution is 2.45. The van der Waals surface area contributed by atoms with Crippen LogP contribution in [0.5, 0.6) is 0 Å². The first-order chi connectivity index (χ1) is 15.7. The molecule has 3 aliphatic heterocycles. The Kier molecular flexibility index (Phi) is 4.89. The molecule has 32 heavy (non-hydrogen) atoms. The molecule has 3 heterocycles. The Morgan fingerprint density at radius 1 is 1.09 bits per heavy atom. The Hall–Kier alpha value is -2.89. The van der Waals surface area contributed by atoms with E-state index < -0.39 is 0 Å². The second kappa shape index (κ2) is 7.91. The van der Waals surface area contributed by atoms with Gasteiger partial charge >= 0.3 is 0 Å². The van der Waals surface area contributed by atoms with Crippen LogP contribution in [-0.4, -0.2) is 67.1 Å². The minimum Gasteiger partial charge on any atom is -0.494 e. The van der Waals surface area contributed by atoms with Gasteiger partial charge in [-0.25, -0.2) is 0 Å². The van der Waals surface area contributed by atoms with Crippen molar-refractivity contribution in [2.75, 3.05) is 39.5 Å². The molecule has 0 amide bonds. The van der Waals surface area contributed by atoms with E-state index in [9.17, 15) is 4.79 Å². The quantitative estimate of drug-likeness (QED) is 0.694. The second-order valence-corrected chi connectivity index (χ2v) is 9.06. The number of nitrogens with zero attached hydrogens (tertiary/aromatic N) is 2. The van der Waals surface area contributed by atoms with Crippen LogP contribution in [-0.2, 0) is 9.47 Å². The maximum absolute atomic E-state index is 14.0. The predicted molar refractivity (Wildman–Crippen MR) is 124 cm³/mol. The monoisotopic (exact) mass is 428 g/mol. The van der Waals surface area contributed by atoms with E-state index in [2.05, 4.69) is 41.0 Å². The van der Waals surface area contributed by atoms with Gasteiger partial charge in [0.2, 0.25) is 0 Å². The molecule has 1 aliphatic carbocycles. The van der Waals surface area contributed by atoms with Crippen LogP contribution in [0.1, 0.15) is 17.3 Å². The maximum Gasteiger partial charge on any atom is 0.192 e. The summed E-state index contributed by atoms with van der Waals surface area (Å²) in [6, 6.07) is 14.5. The van der Waals surface area contributed by atoms with Gasteiger partial charge in [-0.05, 0) is 23.8 Å². The molecule has 5 heteroatoms. The molecule has 2 unspecified atom stereocenters. The molecule has 4 aliphatic rings. The minimum absolute atomic E-state index is 0.0222. The van der Waals surface area contributed by atoms with Crippen molar-refractivity contribution in [2.45, 2.75) is 19.0 Å². The number of Topliss-reactive ketones (excluding diaryl/α,β-unsaturated/α-hetero) is 1. The highest BCUT2D eigenvalue weighted by Gasteiger charge is 2.49. The van der Waals surface area contributed by atoms with Gasteiger partial charge in [-0.15, -0.1) is 0 Å². The zero-order valence-corrected chi connectivity index (χ0v) is 18.4. The third-order valence-electron chi connectivity index (χ3n) is 7.31. The number of allylic oxidation sites excluding steroid dienone is 3. The van der Waals surface area contributed by atoms with Gasteiger partial charge in [0.25, 0.3) is 0 Å². The number of carbonyl (C=O) groups is 1. The average Bonchev–Trinajstić information content (AvgIpc) is 3.14. The van der Waals surface area contributed by atoms with Crippen molar-refractivity contribution in [3.8, 4) is 0 Å². The Balaban J connectivity index is 1.39. The number of fused-ring (bicyclic) bond motifs is 1. The summed E-state index contributed by atoms with van der Waals surface area (Å²) >= 11 is 0. The van der Waals surface area contributed by atoms with Gasteiger partial charge in [0.05, 0.1) is 25.3 Å². The van der Waals surface area contributed by atoms with Crippen LogP contribution in [0.3, 0.4) is 0 Å². The van der Waals surface area contributed by atoms with E-state index in [1.807, 2.05) is 36.4 Å². The van der Waals surface area contributed by atoms with Crippen molar-refractivity contribution < 1.29 is 14.3 Å². The lowest BCUT2D eigenvalue weighted by atomic mass is 9.84. The lowest BCUT2D eigenvalue weighted by Gasteiger charge is -2.45. The van der Waals surface area contributed by atoms with Gasteiger partial charge in [-0.1, -0.05) is 54.6 Å². The maximum atomic E-state index is 14.0. The lowest BCUT2D eigenvalue weighted by molar-refractivity contribution is -0.0173. The van der Waals surface area contributed by atoms with Crippen LogP contribution >= 0.6 is 0 Å². The van der Waals surface area contributed by atoms with Crippen molar-refractivity contribution in [3.63, 3.8) is 0 Å². The van der Waals surface area contributed by atoms with Crippen molar-refractivity contribution >= 4 is 16.6 Å². The SMILES string of the molecule is CC1=C(C(=O)c2cccc3ccccc23)C2C=CC=C3OC[C@@H](CN4CCOCC4)N1C32.